The predicted molar refractivity (Wildman–Crippen MR) is 101 cm³/mol. The van der Waals surface area contributed by atoms with Gasteiger partial charge >= 0.3 is 0 Å². The molecule has 1 aliphatic heterocycles. The van der Waals surface area contributed by atoms with Crippen molar-refractivity contribution in [2.24, 2.45) is 0 Å². The van der Waals surface area contributed by atoms with Gasteiger partial charge in [-0.05, 0) is 24.5 Å². The zero-order valence-electron chi connectivity index (χ0n) is 13.5. The average Bonchev–Trinajstić information content (AvgIpc) is 3.18. The lowest BCUT2D eigenvalue weighted by Crippen LogP contribution is -2.05. The second-order valence-electron chi connectivity index (χ2n) is 6.46. The standard InChI is InChI=1S/C20H16ClN3O/c21-16-9-2-1-7-14(16)18-17(20(25)23-22-18)15-11-24-10-4-6-12-5-3-8-13(15)19(12)24/h1-3,5,7-9,11H,4,6,10H2,(H2,22,23,25). The van der Waals surface area contributed by atoms with E-state index in [9.17, 15) is 4.79 Å². The van der Waals surface area contributed by atoms with Crippen LogP contribution in [-0.4, -0.2) is 14.8 Å². The molecule has 5 heteroatoms. The number of nitrogens with zero attached hydrogens (tertiary/aromatic N) is 1. The van der Waals surface area contributed by atoms with E-state index < -0.39 is 0 Å². The minimum atomic E-state index is -0.126. The molecule has 124 valence electrons. The molecule has 2 aromatic heterocycles. The number of rotatable bonds is 2. The fourth-order valence-electron chi connectivity index (χ4n) is 3.94. The number of hydrogen-bond acceptors (Lipinski definition) is 1. The Hall–Kier alpha value is -2.72. The van der Waals surface area contributed by atoms with Gasteiger partial charge in [0.1, 0.15) is 0 Å². The highest BCUT2D eigenvalue weighted by atomic mass is 35.5. The Morgan fingerprint density at radius 2 is 1.88 bits per heavy atom. The van der Waals surface area contributed by atoms with Crippen LogP contribution in [0.25, 0.3) is 33.3 Å². The summed E-state index contributed by atoms with van der Waals surface area (Å²) in [6.45, 7) is 0.983. The van der Waals surface area contributed by atoms with Crippen LogP contribution in [0.4, 0.5) is 0 Å². The molecule has 3 heterocycles. The zero-order chi connectivity index (χ0) is 17.0. The molecule has 4 aromatic rings. The second-order valence-corrected chi connectivity index (χ2v) is 6.87. The van der Waals surface area contributed by atoms with Crippen molar-refractivity contribution in [3.63, 3.8) is 0 Å². The molecule has 0 bridgehead atoms. The normalized spacial score (nSPS) is 13.5. The Morgan fingerprint density at radius 1 is 1.00 bits per heavy atom. The number of halogens is 1. The molecule has 0 spiro atoms. The number of H-pyrrole nitrogens is 2. The van der Waals surface area contributed by atoms with Gasteiger partial charge in [0.05, 0.1) is 16.8 Å². The van der Waals surface area contributed by atoms with Crippen LogP contribution < -0.4 is 5.56 Å². The van der Waals surface area contributed by atoms with Gasteiger partial charge in [-0.2, -0.15) is 0 Å². The smallest absolute Gasteiger partial charge is 0.272 e. The van der Waals surface area contributed by atoms with E-state index in [-0.39, 0.29) is 5.56 Å². The molecule has 2 N–H and O–H groups in total. The van der Waals surface area contributed by atoms with Crippen LogP contribution in [0.5, 0.6) is 0 Å². The molecule has 0 amide bonds. The maximum absolute atomic E-state index is 12.6. The van der Waals surface area contributed by atoms with Gasteiger partial charge in [-0.15, -0.1) is 0 Å². The first-order valence-electron chi connectivity index (χ1n) is 8.40. The number of nitrogens with one attached hydrogen (secondary N) is 2. The van der Waals surface area contributed by atoms with Gasteiger partial charge in [-0.25, -0.2) is 0 Å². The highest BCUT2D eigenvalue weighted by Crippen LogP contribution is 2.38. The van der Waals surface area contributed by atoms with Gasteiger partial charge in [0, 0.05) is 34.3 Å². The lowest BCUT2D eigenvalue weighted by Gasteiger charge is -2.14. The maximum Gasteiger partial charge on any atom is 0.272 e. The summed E-state index contributed by atoms with van der Waals surface area (Å²) in [4.78, 5) is 12.6. The first-order valence-corrected chi connectivity index (χ1v) is 8.78. The van der Waals surface area contributed by atoms with Crippen LogP contribution in [0, 0.1) is 0 Å². The van der Waals surface area contributed by atoms with E-state index in [0.717, 1.165) is 41.6 Å². The Balaban J connectivity index is 1.84. The number of hydrogen-bond donors (Lipinski definition) is 2. The van der Waals surface area contributed by atoms with E-state index in [1.54, 1.807) is 0 Å². The van der Waals surface area contributed by atoms with Gasteiger partial charge < -0.3 is 4.57 Å². The Labute approximate surface area is 149 Å². The van der Waals surface area contributed by atoms with Crippen LogP contribution in [0.3, 0.4) is 0 Å². The third-order valence-corrected chi connectivity index (χ3v) is 5.35. The van der Waals surface area contributed by atoms with E-state index >= 15 is 0 Å². The number of aryl methyl sites for hydroxylation is 2. The quantitative estimate of drug-likeness (QED) is 0.546. The first-order chi connectivity index (χ1) is 12.2. The molecule has 5 rings (SSSR count). The van der Waals surface area contributed by atoms with Crippen LogP contribution in [0.1, 0.15) is 12.0 Å². The van der Waals surface area contributed by atoms with Crippen molar-refractivity contribution >= 4 is 22.5 Å². The van der Waals surface area contributed by atoms with E-state index in [2.05, 4.69) is 39.2 Å². The molecule has 0 saturated carbocycles. The highest BCUT2D eigenvalue weighted by molar-refractivity contribution is 6.33. The minimum Gasteiger partial charge on any atom is -0.347 e. The SMILES string of the molecule is O=c1[nH][nH]c(-c2ccccc2Cl)c1-c1cn2c3c(cccc13)CCC2. The summed E-state index contributed by atoms with van der Waals surface area (Å²) in [7, 11) is 0. The van der Waals surface area contributed by atoms with Crippen LogP contribution >= 0.6 is 11.6 Å². The highest BCUT2D eigenvalue weighted by Gasteiger charge is 2.22. The van der Waals surface area contributed by atoms with Gasteiger partial charge in [-0.1, -0.05) is 48.0 Å². The first kappa shape index (κ1) is 14.6. The van der Waals surface area contributed by atoms with Crippen molar-refractivity contribution in [1.29, 1.82) is 0 Å². The van der Waals surface area contributed by atoms with E-state index in [0.29, 0.717) is 10.6 Å². The van der Waals surface area contributed by atoms with Gasteiger partial charge in [0.25, 0.3) is 5.56 Å². The molecule has 0 atom stereocenters. The molecular formula is C20H16ClN3O. The lowest BCUT2D eigenvalue weighted by molar-refractivity contribution is 0.636. The Morgan fingerprint density at radius 3 is 2.76 bits per heavy atom. The van der Waals surface area contributed by atoms with Crippen LogP contribution in [0.2, 0.25) is 5.02 Å². The molecule has 0 radical (unpaired) electrons. The number of benzene rings is 2. The third-order valence-electron chi connectivity index (χ3n) is 5.02. The summed E-state index contributed by atoms with van der Waals surface area (Å²) >= 11 is 6.37. The van der Waals surface area contributed by atoms with Crippen molar-refractivity contribution in [2.45, 2.75) is 19.4 Å². The summed E-state index contributed by atoms with van der Waals surface area (Å²) in [5, 5.41) is 7.50. The monoisotopic (exact) mass is 349 g/mol. The van der Waals surface area contributed by atoms with Crippen molar-refractivity contribution in [3.8, 4) is 22.4 Å². The fourth-order valence-corrected chi connectivity index (χ4v) is 4.17. The van der Waals surface area contributed by atoms with Crippen LogP contribution in [-0.2, 0) is 13.0 Å². The fraction of sp³-hybridized carbons (Fsp3) is 0.150. The molecule has 0 fully saturated rings. The number of aromatic nitrogens is 3. The Bertz CT molecular complexity index is 1170. The molecule has 0 saturated heterocycles. The van der Waals surface area contributed by atoms with Crippen molar-refractivity contribution in [1.82, 2.24) is 14.8 Å². The van der Waals surface area contributed by atoms with Crippen molar-refractivity contribution in [3.05, 3.63) is 69.6 Å². The van der Waals surface area contributed by atoms with Crippen molar-refractivity contribution in [2.75, 3.05) is 0 Å². The van der Waals surface area contributed by atoms with Crippen molar-refractivity contribution < 1.29 is 0 Å². The number of para-hydroxylation sites is 1. The molecule has 1 aliphatic rings. The summed E-state index contributed by atoms with van der Waals surface area (Å²) in [6, 6.07) is 13.9. The summed E-state index contributed by atoms with van der Waals surface area (Å²) in [5.74, 6) is 0. The second kappa shape index (κ2) is 5.39. The molecule has 4 nitrogen and oxygen atoms in total. The molecule has 2 aromatic carbocycles. The molecule has 0 unspecified atom stereocenters. The number of aromatic amines is 2. The molecular weight excluding hydrogens is 334 g/mol. The van der Waals surface area contributed by atoms with E-state index in [1.807, 2.05) is 24.3 Å². The van der Waals surface area contributed by atoms with Gasteiger partial charge in [0.15, 0.2) is 0 Å². The lowest BCUT2D eigenvalue weighted by atomic mass is 9.98. The third kappa shape index (κ3) is 2.11. The predicted octanol–water partition coefficient (Wildman–Crippen LogP) is 4.59. The molecule has 0 aliphatic carbocycles. The van der Waals surface area contributed by atoms with Gasteiger partial charge in [-0.3, -0.25) is 15.0 Å². The maximum atomic E-state index is 12.6. The Kier molecular flexibility index (Phi) is 3.15. The van der Waals surface area contributed by atoms with Gasteiger partial charge in [0.2, 0.25) is 0 Å². The molecule has 25 heavy (non-hydrogen) atoms. The van der Waals surface area contributed by atoms with Crippen LogP contribution in [0.15, 0.2) is 53.5 Å². The summed E-state index contributed by atoms with van der Waals surface area (Å²) in [6.07, 6.45) is 4.31. The minimum absolute atomic E-state index is 0.126. The van der Waals surface area contributed by atoms with E-state index in [4.69, 9.17) is 11.6 Å². The largest absolute Gasteiger partial charge is 0.347 e. The zero-order valence-corrected chi connectivity index (χ0v) is 14.2. The van der Waals surface area contributed by atoms with E-state index in [1.165, 1.54) is 11.1 Å². The topological polar surface area (TPSA) is 53.6 Å². The average molecular weight is 350 g/mol. The summed E-state index contributed by atoms with van der Waals surface area (Å²) in [5.41, 5.74) is 5.63. The summed E-state index contributed by atoms with van der Waals surface area (Å²) < 4.78 is 2.27.